The van der Waals surface area contributed by atoms with E-state index in [4.69, 9.17) is 0 Å². The molecule has 1 aliphatic rings. The number of hydrogen-bond acceptors (Lipinski definition) is 7. The van der Waals surface area contributed by atoms with Crippen molar-refractivity contribution in [1.29, 1.82) is 0 Å². The molecule has 33 heavy (non-hydrogen) atoms. The van der Waals surface area contributed by atoms with Crippen molar-refractivity contribution in [2.75, 3.05) is 32.7 Å². The lowest BCUT2D eigenvalue weighted by Gasteiger charge is -2.25. The smallest absolute Gasteiger partial charge is 0.236 e. The van der Waals surface area contributed by atoms with Crippen LogP contribution in [0.4, 0.5) is 0 Å². The zero-order chi connectivity index (χ0) is 23.7. The average molecular weight is 493 g/mol. The standard InChI is InChI=1S/C24H36N4O3S2/c1-3-22(26-12-4-5-14-28-15-6-11-25-18-23(28)29)19(2)17-20-7-9-21(10-8-20)33(30,31)24-27-13-16-32-24/h7-10,13,16,19,22,25-26H,3-6,11-12,14-15,17-18H2,1-2H3. The summed E-state index contributed by atoms with van der Waals surface area (Å²) in [7, 11) is -3.53. The SMILES string of the molecule is CCC(NCCCCN1CCCNCC1=O)C(C)Cc1ccc(S(=O)(=O)c2nccs2)cc1. The summed E-state index contributed by atoms with van der Waals surface area (Å²) in [6.45, 7) is 8.46. The van der Waals surface area contributed by atoms with E-state index in [9.17, 15) is 13.2 Å². The maximum atomic E-state index is 12.6. The van der Waals surface area contributed by atoms with Crippen molar-refractivity contribution in [2.45, 2.75) is 61.2 Å². The van der Waals surface area contributed by atoms with Gasteiger partial charge in [-0.15, -0.1) is 11.3 Å². The van der Waals surface area contributed by atoms with Gasteiger partial charge in [-0.1, -0.05) is 26.0 Å². The number of nitrogens with one attached hydrogen (secondary N) is 2. The second kappa shape index (κ2) is 12.6. The lowest BCUT2D eigenvalue weighted by atomic mass is 9.92. The molecule has 1 aliphatic heterocycles. The molecule has 1 saturated heterocycles. The van der Waals surface area contributed by atoms with Gasteiger partial charge in [0.15, 0.2) is 0 Å². The van der Waals surface area contributed by atoms with E-state index in [1.165, 1.54) is 6.20 Å². The Hall–Kier alpha value is -1.81. The van der Waals surface area contributed by atoms with Crippen molar-refractivity contribution in [3.63, 3.8) is 0 Å². The number of carbonyl (C=O) groups is 1. The Balaban J connectivity index is 1.43. The molecule has 2 unspecified atom stereocenters. The number of sulfone groups is 1. The van der Waals surface area contributed by atoms with E-state index in [1.54, 1.807) is 17.5 Å². The van der Waals surface area contributed by atoms with E-state index in [2.05, 4.69) is 29.5 Å². The number of carbonyl (C=O) groups excluding carboxylic acids is 1. The average Bonchev–Trinajstić information content (AvgIpc) is 3.28. The number of rotatable bonds is 12. The van der Waals surface area contributed by atoms with Crippen molar-refractivity contribution in [3.8, 4) is 0 Å². The summed E-state index contributed by atoms with van der Waals surface area (Å²) in [5, 5.41) is 8.52. The zero-order valence-electron chi connectivity index (χ0n) is 19.6. The molecule has 0 saturated carbocycles. The Morgan fingerprint density at radius 1 is 1.24 bits per heavy atom. The number of unbranched alkanes of at least 4 members (excludes halogenated alkanes) is 1. The highest BCUT2D eigenvalue weighted by Gasteiger charge is 2.21. The Labute approximate surface area is 201 Å². The Bertz CT molecular complexity index is 962. The summed E-state index contributed by atoms with van der Waals surface area (Å²) in [6, 6.07) is 7.60. The largest absolute Gasteiger partial charge is 0.342 e. The molecule has 9 heteroatoms. The Morgan fingerprint density at radius 2 is 2.03 bits per heavy atom. The van der Waals surface area contributed by atoms with Crippen LogP contribution in [0.3, 0.4) is 0 Å². The summed E-state index contributed by atoms with van der Waals surface area (Å²) in [5.74, 6) is 0.640. The molecular weight excluding hydrogens is 456 g/mol. The van der Waals surface area contributed by atoms with Crippen molar-refractivity contribution in [1.82, 2.24) is 20.5 Å². The van der Waals surface area contributed by atoms with Crippen LogP contribution < -0.4 is 10.6 Å². The van der Waals surface area contributed by atoms with E-state index in [1.807, 2.05) is 17.0 Å². The van der Waals surface area contributed by atoms with Gasteiger partial charge in [-0.25, -0.2) is 13.4 Å². The predicted octanol–water partition coefficient (Wildman–Crippen LogP) is 3.12. The van der Waals surface area contributed by atoms with Crippen molar-refractivity contribution in [3.05, 3.63) is 41.4 Å². The number of thiazole rings is 1. The van der Waals surface area contributed by atoms with Gasteiger partial charge in [-0.05, 0) is 68.8 Å². The summed E-state index contributed by atoms with van der Waals surface area (Å²) >= 11 is 1.14. The number of aromatic nitrogens is 1. The molecule has 2 N–H and O–H groups in total. The molecule has 1 amide bonds. The minimum atomic E-state index is -3.53. The van der Waals surface area contributed by atoms with Gasteiger partial charge in [0.05, 0.1) is 11.4 Å². The normalized spacial score (nSPS) is 17.0. The minimum Gasteiger partial charge on any atom is -0.342 e. The fraction of sp³-hybridized carbons (Fsp3) is 0.583. The zero-order valence-corrected chi connectivity index (χ0v) is 21.3. The number of nitrogens with zero attached hydrogens (tertiary/aromatic N) is 2. The van der Waals surface area contributed by atoms with Crippen LogP contribution in [0.5, 0.6) is 0 Å². The van der Waals surface area contributed by atoms with E-state index in [-0.39, 0.29) is 15.1 Å². The molecule has 0 radical (unpaired) electrons. The fourth-order valence-corrected chi connectivity index (χ4v) is 6.51. The number of benzene rings is 1. The van der Waals surface area contributed by atoms with Gasteiger partial charge >= 0.3 is 0 Å². The van der Waals surface area contributed by atoms with Crippen LogP contribution in [0, 0.1) is 5.92 Å². The van der Waals surface area contributed by atoms with E-state index in [0.717, 1.165) is 75.2 Å². The molecule has 1 aromatic heterocycles. The van der Waals surface area contributed by atoms with Gasteiger partial charge in [-0.3, -0.25) is 4.79 Å². The summed E-state index contributed by atoms with van der Waals surface area (Å²) in [5.41, 5.74) is 1.13. The highest BCUT2D eigenvalue weighted by molar-refractivity contribution is 7.93. The van der Waals surface area contributed by atoms with Crippen molar-refractivity contribution >= 4 is 27.1 Å². The first-order valence-electron chi connectivity index (χ1n) is 11.9. The lowest BCUT2D eigenvalue weighted by molar-refractivity contribution is -0.129. The third-order valence-electron chi connectivity index (χ3n) is 6.23. The maximum Gasteiger partial charge on any atom is 0.236 e. The van der Waals surface area contributed by atoms with Crippen LogP contribution in [-0.2, 0) is 21.1 Å². The van der Waals surface area contributed by atoms with Crippen LogP contribution in [0.15, 0.2) is 45.1 Å². The van der Waals surface area contributed by atoms with E-state index < -0.39 is 9.84 Å². The molecule has 2 aromatic rings. The second-order valence-corrected chi connectivity index (χ2v) is 11.7. The van der Waals surface area contributed by atoms with Gasteiger partial charge < -0.3 is 15.5 Å². The van der Waals surface area contributed by atoms with Crippen molar-refractivity contribution < 1.29 is 13.2 Å². The topological polar surface area (TPSA) is 91.4 Å². The Morgan fingerprint density at radius 3 is 2.73 bits per heavy atom. The highest BCUT2D eigenvalue weighted by atomic mass is 32.2. The third-order valence-corrected chi connectivity index (χ3v) is 9.20. The molecule has 0 aliphatic carbocycles. The summed E-state index contributed by atoms with van der Waals surface area (Å²) in [4.78, 5) is 18.3. The predicted molar refractivity (Wildman–Crippen MR) is 132 cm³/mol. The highest BCUT2D eigenvalue weighted by Crippen LogP contribution is 2.24. The lowest BCUT2D eigenvalue weighted by Crippen LogP contribution is -2.37. The molecule has 2 heterocycles. The van der Waals surface area contributed by atoms with Crippen LogP contribution >= 0.6 is 11.3 Å². The summed E-state index contributed by atoms with van der Waals surface area (Å²) < 4.78 is 25.3. The number of hydrogen-bond donors (Lipinski definition) is 2. The minimum absolute atomic E-state index is 0.135. The maximum absolute atomic E-state index is 12.6. The molecular formula is C24H36N4O3S2. The molecule has 2 atom stereocenters. The van der Waals surface area contributed by atoms with Gasteiger partial charge in [-0.2, -0.15) is 0 Å². The molecule has 0 bridgehead atoms. The van der Waals surface area contributed by atoms with Gasteiger partial charge in [0, 0.05) is 30.7 Å². The van der Waals surface area contributed by atoms with E-state index >= 15 is 0 Å². The third kappa shape index (κ3) is 7.34. The van der Waals surface area contributed by atoms with Crippen molar-refractivity contribution in [2.24, 2.45) is 5.92 Å². The van der Waals surface area contributed by atoms with Crippen LogP contribution in [0.2, 0.25) is 0 Å². The molecule has 3 rings (SSSR count). The fourth-order valence-electron chi connectivity index (χ4n) is 4.29. The molecule has 1 aromatic carbocycles. The van der Waals surface area contributed by atoms with Crippen LogP contribution in [-0.4, -0.2) is 63.0 Å². The molecule has 0 spiro atoms. The van der Waals surface area contributed by atoms with Crippen LogP contribution in [0.25, 0.3) is 0 Å². The monoisotopic (exact) mass is 492 g/mol. The van der Waals surface area contributed by atoms with Gasteiger partial charge in [0.2, 0.25) is 20.1 Å². The first-order chi connectivity index (χ1) is 15.9. The number of amides is 1. The first-order valence-corrected chi connectivity index (χ1v) is 14.2. The van der Waals surface area contributed by atoms with Gasteiger partial charge in [0.25, 0.3) is 0 Å². The first kappa shape index (κ1) is 25.8. The quantitative estimate of drug-likeness (QED) is 0.443. The second-order valence-electron chi connectivity index (χ2n) is 8.71. The molecule has 7 nitrogen and oxygen atoms in total. The Kier molecular flexibility index (Phi) is 9.85. The summed E-state index contributed by atoms with van der Waals surface area (Å²) in [6.07, 6.45) is 6.52. The molecule has 1 fully saturated rings. The molecule has 182 valence electrons. The van der Waals surface area contributed by atoms with Gasteiger partial charge in [0.1, 0.15) is 0 Å². The van der Waals surface area contributed by atoms with E-state index in [0.29, 0.717) is 18.5 Å². The van der Waals surface area contributed by atoms with Crippen LogP contribution in [0.1, 0.15) is 45.1 Å².